The molecule has 0 bridgehead atoms. The molecule has 20 heavy (non-hydrogen) atoms. The van der Waals surface area contributed by atoms with Gasteiger partial charge in [0, 0.05) is 25.2 Å². The zero-order chi connectivity index (χ0) is 15.3. The maximum Gasteiger partial charge on any atom is 0.301 e. The molecule has 1 aromatic carbocycles. The van der Waals surface area contributed by atoms with Crippen LogP contribution in [0.2, 0.25) is 0 Å². The first-order chi connectivity index (χ1) is 9.26. The molecule has 0 atom stereocenters. The van der Waals surface area contributed by atoms with Gasteiger partial charge in [0.2, 0.25) is 0 Å². The lowest BCUT2D eigenvalue weighted by molar-refractivity contribution is 0.317. The monoisotopic (exact) mass is 300 g/mol. The van der Waals surface area contributed by atoms with Crippen LogP contribution in [0.5, 0.6) is 0 Å². The van der Waals surface area contributed by atoms with Gasteiger partial charge in [0.15, 0.2) is 0 Å². The first-order valence-corrected chi connectivity index (χ1v) is 7.51. The van der Waals surface area contributed by atoms with Crippen molar-refractivity contribution in [1.82, 2.24) is 4.31 Å². The SMILES string of the molecule is CC(C)N(C)S(=O)(=O)Nc1ccc(CC(N)=NO)cc1. The molecule has 4 N–H and O–H groups in total. The number of nitrogens with one attached hydrogen (secondary N) is 1. The summed E-state index contributed by atoms with van der Waals surface area (Å²) in [6.45, 7) is 3.58. The second-order valence-corrected chi connectivity index (χ2v) is 6.41. The van der Waals surface area contributed by atoms with Crippen molar-refractivity contribution in [2.24, 2.45) is 10.9 Å². The molecule has 7 nitrogen and oxygen atoms in total. The first kappa shape index (κ1) is 16.3. The van der Waals surface area contributed by atoms with Crippen LogP contribution in [0.15, 0.2) is 29.4 Å². The van der Waals surface area contributed by atoms with Gasteiger partial charge in [-0.3, -0.25) is 4.72 Å². The number of amidine groups is 1. The maximum atomic E-state index is 12.0. The lowest BCUT2D eigenvalue weighted by Crippen LogP contribution is -2.37. The second-order valence-electron chi connectivity index (χ2n) is 4.68. The Balaban J connectivity index is 2.80. The van der Waals surface area contributed by atoms with Gasteiger partial charge >= 0.3 is 10.2 Å². The van der Waals surface area contributed by atoms with Crippen molar-refractivity contribution in [2.75, 3.05) is 11.8 Å². The molecule has 0 aliphatic carbocycles. The molecule has 1 rings (SSSR count). The summed E-state index contributed by atoms with van der Waals surface area (Å²) in [5, 5.41) is 11.4. The number of nitrogens with two attached hydrogens (primary N) is 1. The van der Waals surface area contributed by atoms with Gasteiger partial charge in [-0.15, -0.1) is 0 Å². The summed E-state index contributed by atoms with van der Waals surface area (Å²) in [6, 6.07) is 6.56. The quantitative estimate of drug-likeness (QED) is 0.315. The Morgan fingerprint density at radius 3 is 2.40 bits per heavy atom. The predicted molar refractivity (Wildman–Crippen MR) is 79.0 cm³/mol. The molecule has 1 aromatic rings. The Labute approximate surface area is 119 Å². The highest BCUT2D eigenvalue weighted by Gasteiger charge is 2.20. The molecule has 0 radical (unpaired) electrons. The van der Waals surface area contributed by atoms with E-state index in [9.17, 15) is 8.42 Å². The Hall–Kier alpha value is -1.80. The zero-order valence-electron chi connectivity index (χ0n) is 11.7. The number of hydrogen-bond donors (Lipinski definition) is 3. The summed E-state index contributed by atoms with van der Waals surface area (Å²) in [5.41, 5.74) is 6.68. The van der Waals surface area contributed by atoms with Gasteiger partial charge in [0.25, 0.3) is 0 Å². The lowest BCUT2D eigenvalue weighted by atomic mass is 10.1. The molecule has 112 valence electrons. The minimum Gasteiger partial charge on any atom is -0.409 e. The van der Waals surface area contributed by atoms with Crippen LogP contribution in [0, 0.1) is 0 Å². The molecule has 0 aliphatic heterocycles. The van der Waals surface area contributed by atoms with Gasteiger partial charge in [-0.1, -0.05) is 17.3 Å². The van der Waals surface area contributed by atoms with Crippen molar-refractivity contribution >= 4 is 21.7 Å². The van der Waals surface area contributed by atoms with Gasteiger partial charge in [-0.2, -0.15) is 12.7 Å². The third kappa shape index (κ3) is 4.39. The molecular weight excluding hydrogens is 280 g/mol. The summed E-state index contributed by atoms with van der Waals surface area (Å²) >= 11 is 0. The van der Waals surface area contributed by atoms with E-state index < -0.39 is 10.2 Å². The minimum atomic E-state index is -3.56. The third-order valence-electron chi connectivity index (χ3n) is 2.82. The summed E-state index contributed by atoms with van der Waals surface area (Å²) in [6.07, 6.45) is 0.301. The number of rotatable bonds is 6. The Morgan fingerprint density at radius 1 is 1.40 bits per heavy atom. The van der Waals surface area contributed by atoms with Crippen molar-refractivity contribution in [3.8, 4) is 0 Å². The molecule has 0 fully saturated rings. The van der Waals surface area contributed by atoms with Crippen LogP contribution in [0.3, 0.4) is 0 Å². The molecule has 0 aromatic heterocycles. The van der Waals surface area contributed by atoms with Gasteiger partial charge < -0.3 is 10.9 Å². The van der Waals surface area contributed by atoms with Gasteiger partial charge in [-0.05, 0) is 31.5 Å². The van der Waals surface area contributed by atoms with E-state index in [1.54, 1.807) is 38.1 Å². The van der Waals surface area contributed by atoms with E-state index in [4.69, 9.17) is 10.9 Å². The fraction of sp³-hybridized carbons (Fsp3) is 0.417. The smallest absolute Gasteiger partial charge is 0.301 e. The van der Waals surface area contributed by atoms with Crippen molar-refractivity contribution in [3.05, 3.63) is 29.8 Å². The molecule has 8 heteroatoms. The second kappa shape index (κ2) is 6.58. The number of anilines is 1. The van der Waals surface area contributed by atoms with Crippen molar-refractivity contribution in [1.29, 1.82) is 0 Å². The molecule has 0 aliphatic rings. The van der Waals surface area contributed by atoms with Crippen molar-refractivity contribution < 1.29 is 13.6 Å². The van der Waals surface area contributed by atoms with Crippen LogP contribution in [-0.4, -0.2) is 36.9 Å². The van der Waals surface area contributed by atoms with Crippen molar-refractivity contribution in [3.63, 3.8) is 0 Å². The highest BCUT2D eigenvalue weighted by molar-refractivity contribution is 7.90. The number of oxime groups is 1. The fourth-order valence-corrected chi connectivity index (χ4v) is 2.57. The van der Waals surface area contributed by atoms with E-state index in [1.807, 2.05) is 0 Å². The first-order valence-electron chi connectivity index (χ1n) is 6.07. The molecule has 0 saturated heterocycles. The van der Waals surface area contributed by atoms with E-state index in [-0.39, 0.29) is 11.9 Å². The molecule has 0 unspecified atom stereocenters. The maximum absolute atomic E-state index is 12.0. The fourth-order valence-electron chi connectivity index (χ4n) is 1.43. The summed E-state index contributed by atoms with van der Waals surface area (Å²) in [7, 11) is -2.04. The van der Waals surface area contributed by atoms with E-state index in [1.165, 1.54) is 11.4 Å². The number of nitrogens with zero attached hydrogens (tertiary/aromatic N) is 2. The zero-order valence-corrected chi connectivity index (χ0v) is 12.6. The topological polar surface area (TPSA) is 108 Å². The van der Waals surface area contributed by atoms with Crippen LogP contribution in [0.25, 0.3) is 0 Å². The Kier molecular flexibility index (Phi) is 5.34. The average Bonchev–Trinajstić information content (AvgIpc) is 2.39. The lowest BCUT2D eigenvalue weighted by Gasteiger charge is -2.21. The van der Waals surface area contributed by atoms with Crippen LogP contribution >= 0.6 is 0 Å². The molecule has 0 heterocycles. The van der Waals surface area contributed by atoms with Crippen LogP contribution in [0.1, 0.15) is 19.4 Å². The molecule has 0 amide bonds. The summed E-state index contributed by atoms with van der Waals surface area (Å²) in [5.74, 6) is 0.0953. The Bertz CT molecular complexity index is 567. The molecule has 0 spiro atoms. The number of hydrogen-bond acceptors (Lipinski definition) is 4. The standard InChI is InChI=1S/C12H20N4O3S/c1-9(2)16(3)20(18,19)15-11-6-4-10(5-7-11)8-12(13)14-17/h4-7,9,15,17H,8H2,1-3H3,(H2,13,14). The predicted octanol–water partition coefficient (Wildman–Crippen LogP) is 0.972. The average molecular weight is 300 g/mol. The van der Waals surface area contributed by atoms with Gasteiger partial charge in [0.05, 0.1) is 0 Å². The van der Waals surface area contributed by atoms with E-state index in [0.717, 1.165) is 5.56 Å². The van der Waals surface area contributed by atoms with E-state index in [0.29, 0.717) is 12.1 Å². The highest BCUT2D eigenvalue weighted by atomic mass is 32.2. The van der Waals surface area contributed by atoms with Crippen LogP contribution in [-0.2, 0) is 16.6 Å². The van der Waals surface area contributed by atoms with Crippen LogP contribution < -0.4 is 10.5 Å². The third-order valence-corrected chi connectivity index (χ3v) is 4.49. The van der Waals surface area contributed by atoms with Gasteiger partial charge in [0.1, 0.15) is 5.84 Å². The summed E-state index contributed by atoms with van der Waals surface area (Å²) in [4.78, 5) is 0. The minimum absolute atomic E-state index is 0.0953. The van der Waals surface area contributed by atoms with E-state index in [2.05, 4.69) is 9.88 Å². The van der Waals surface area contributed by atoms with Gasteiger partial charge in [-0.25, -0.2) is 0 Å². The molecule has 0 saturated carbocycles. The molecular formula is C12H20N4O3S. The van der Waals surface area contributed by atoms with E-state index >= 15 is 0 Å². The van der Waals surface area contributed by atoms with Crippen molar-refractivity contribution in [2.45, 2.75) is 26.3 Å². The van der Waals surface area contributed by atoms with Crippen LogP contribution in [0.4, 0.5) is 5.69 Å². The Morgan fingerprint density at radius 2 is 1.95 bits per heavy atom. The summed E-state index contributed by atoms with van der Waals surface area (Å²) < 4.78 is 27.7. The largest absolute Gasteiger partial charge is 0.409 e. The highest BCUT2D eigenvalue weighted by Crippen LogP contribution is 2.14. The normalized spacial score (nSPS) is 12.9. The number of benzene rings is 1.